The van der Waals surface area contributed by atoms with Crippen LogP contribution in [0.2, 0.25) is 0 Å². The van der Waals surface area contributed by atoms with Gasteiger partial charge in [0.15, 0.2) is 0 Å². The number of hydrogen-bond acceptors (Lipinski definition) is 6. The minimum Gasteiger partial charge on any atom is -0.383 e. The fourth-order valence-corrected chi connectivity index (χ4v) is 3.07. The largest absolute Gasteiger partial charge is 0.383 e. The zero-order valence-corrected chi connectivity index (χ0v) is 13.1. The fraction of sp³-hybridized carbons (Fsp3) is 0.846. The van der Waals surface area contributed by atoms with E-state index in [0.29, 0.717) is 0 Å². The molecule has 0 bridgehead atoms. The molecule has 0 amide bonds. The quantitative estimate of drug-likeness (QED) is 0.866. The van der Waals surface area contributed by atoms with Crippen molar-refractivity contribution in [3.05, 3.63) is 5.82 Å². The van der Waals surface area contributed by atoms with Crippen LogP contribution in [0.25, 0.3) is 0 Å². The molecule has 1 atom stereocenters. The number of aromatic nitrogens is 2. The van der Waals surface area contributed by atoms with E-state index in [9.17, 15) is 0 Å². The summed E-state index contributed by atoms with van der Waals surface area (Å²) in [4.78, 5) is 4.56. The molecular formula is C13H24N4OS. The van der Waals surface area contributed by atoms with Crippen molar-refractivity contribution in [1.29, 1.82) is 0 Å². The SMILES string of the molecule is COCC1(CNc2nc(C(C)(C)C)ns2)CCCN1. The van der Waals surface area contributed by atoms with Crippen molar-refractivity contribution < 1.29 is 4.74 Å². The summed E-state index contributed by atoms with van der Waals surface area (Å²) >= 11 is 1.44. The third kappa shape index (κ3) is 3.64. The van der Waals surface area contributed by atoms with Gasteiger partial charge in [0.1, 0.15) is 5.82 Å². The number of rotatable bonds is 5. The van der Waals surface area contributed by atoms with Gasteiger partial charge in [-0.25, -0.2) is 4.98 Å². The first kappa shape index (κ1) is 14.7. The van der Waals surface area contributed by atoms with E-state index in [0.717, 1.165) is 37.1 Å². The highest BCUT2D eigenvalue weighted by molar-refractivity contribution is 7.09. The van der Waals surface area contributed by atoms with Gasteiger partial charge in [0.05, 0.1) is 12.1 Å². The molecule has 6 heteroatoms. The Balaban J connectivity index is 1.96. The summed E-state index contributed by atoms with van der Waals surface area (Å²) in [6, 6.07) is 0. The predicted molar refractivity (Wildman–Crippen MR) is 78.9 cm³/mol. The zero-order valence-electron chi connectivity index (χ0n) is 12.2. The molecule has 0 aliphatic carbocycles. The normalized spacial score (nSPS) is 23.8. The molecule has 1 aromatic heterocycles. The Morgan fingerprint density at radius 1 is 1.47 bits per heavy atom. The van der Waals surface area contributed by atoms with Crippen molar-refractivity contribution in [2.75, 3.05) is 32.1 Å². The highest BCUT2D eigenvalue weighted by Gasteiger charge is 2.33. The van der Waals surface area contributed by atoms with E-state index in [1.165, 1.54) is 18.0 Å². The second-order valence-electron chi connectivity index (χ2n) is 6.27. The molecule has 1 unspecified atom stereocenters. The Kier molecular flexibility index (Phi) is 4.43. The molecule has 0 radical (unpaired) electrons. The van der Waals surface area contributed by atoms with E-state index in [1.54, 1.807) is 7.11 Å². The summed E-state index contributed by atoms with van der Waals surface area (Å²) in [5.74, 6) is 0.903. The molecule has 1 aliphatic heterocycles. The molecule has 1 aromatic rings. The first-order chi connectivity index (χ1) is 8.95. The Morgan fingerprint density at radius 2 is 2.26 bits per heavy atom. The van der Waals surface area contributed by atoms with Crippen molar-refractivity contribution in [3.63, 3.8) is 0 Å². The highest BCUT2D eigenvalue weighted by Crippen LogP contribution is 2.25. The van der Waals surface area contributed by atoms with E-state index in [1.807, 2.05) is 0 Å². The number of anilines is 1. The van der Waals surface area contributed by atoms with Gasteiger partial charge in [0.25, 0.3) is 0 Å². The van der Waals surface area contributed by atoms with Crippen molar-refractivity contribution in [2.45, 2.75) is 44.6 Å². The van der Waals surface area contributed by atoms with Crippen LogP contribution in [-0.4, -0.2) is 41.7 Å². The molecule has 0 saturated carbocycles. The van der Waals surface area contributed by atoms with Crippen molar-refractivity contribution in [2.24, 2.45) is 0 Å². The van der Waals surface area contributed by atoms with Gasteiger partial charge in [-0.1, -0.05) is 20.8 Å². The summed E-state index contributed by atoms with van der Waals surface area (Å²) in [5, 5.41) is 7.85. The Bertz CT molecular complexity index is 407. The Labute approximate surface area is 119 Å². The number of hydrogen-bond donors (Lipinski definition) is 2. The average Bonchev–Trinajstić information content (AvgIpc) is 2.94. The van der Waals surface area contributed by atoms with Gasteiger partial charge in [0.2, 0.25) is 5.13 Å². The fourth-order valence-electron chi connectivity index (χ4n) is 2.31. The molecule has 2 N–H and O–H groups in total. The van der Waals surface area contributed by atoms with Gasteiger partial charge in [-0.15, -0.1) is 0 Å². The third-order valence-corrected chi connectivity index (χ3v) is 4.10. The van der Waals surface area contributed by atoms with Crippen LogP contribution in [0.4, 0.5) is 5.13 Å². The summed E-state index contributed by atoms with van der Waals surface area (Å²) in [6.45, 7) is 9.01. The third-order valence-electron chi connectivity index (χ3n) is 3.43. The van der Waals surface area contributed by atoms with Gasteiger partial charge in [0, 0.05) is 30.6 Å². The number of nitrogens with zero attached hydrogens (tertiary/aromatic N) is 2. The van der Waals surface area contributed by atoms with Crippen molar-refractivity contribution in [1.82, 2.24) is 14.7 Å². The molecule has 2 rings (SSSR count). The van der Waals surface area contributed by atoms with Crippen molar-refractivity contribution >= 4 is 16.7 Å². The second kappa shape index (κ2) is 5.73. The lowest BCUT2D eigenvalue weighted by Crippen LogP contribution is -2.49. The first-order valence-electron chi connectivity index (χ1n) is 6.77. The van der Waals surface area contributed by atoms with Crippen LogP contribution >= 0.6 is 11.5 Å². The van der Waals surface area contributed by atoms with E-state index < -0.39 is 0 Å². The lowest BCUT2D eigenvalue weighted by molar-refractivity contribution is 0.127. The van der Waals surface area contributed by atoms with Gasteiger partial charge < -0.3 is 15.4 Å². The first-order valence-corrected chi connectivity index (χ1v) is 7.55. The summed E-state index contributed by atoms with van der Waals surface area (Å²) in [6.07, 6.45) is 2.34. The molecule has 0 spiro atoms. The number of nitrogens with one attached hydrogen (secondary N) is 2. The minimum absolute atomic E-state index is 0.00621. The van der Waals surface area contributed by atoms with Crippen LogP contribution < -0.4 is 10.6 Å². The maximum absolute atomic E-state index is 5.34. The van der Waals surface area contributed by atoms with Crippen LogP contribution in [0, 0.1) is 0 Å². The topological polar surface area (TPSA) is 59.1 Å². The average molecular weight is 284 g/mol. The maximum atomic E-state index is 5.34. The van der Waals surface area contributed by atoms with Crippen LogP contribution in [0.5, 0.6) is 0 Å². The summed E-state index contributed by atoms with van der Waals surface area (Å²) in [7, 11) is 1.75. The zero-order chi connectivity index (χ0) is 13.9. The predicted octanol–water partition coefficient (Wildman–Crippen LogP) is 2.02. The Morgan fingerprint density at radius 3 is 2.79 bits per heavy atom. The van der Waals surface area contributed by atoms with E-state index in [-0.39, 0.29) is 11.0 Å². The molecular weight excluding hydrogens is 260 g/mol. The van der Waals surface area contributed by atoms with Gasteiger partial charge in [-0.2, -0.15) is 4.37 Å². The molecule has 19 heavy (non-hydrogen) atoms. The molecule has 1 saturated heterocycles. The number of ether oxygens (including phenoxy) is 1. The highest BCUT2D eigenvalue weighted by atomic mass is 32.1. The lowest BCUT2D eigenvalue weighted by Gasteiger charge is -2.28. The molecule has 108 valence electrons. The molecule has 2 heterocycles. The standard InChI is InChI=1S/C13H24N4OS/c1-12(2,3)10-16-11(19-17-10)14-8-13(9-18-4)6-5-7-15-13/h15H,5-9H2,1-4H3,(H,14,16,17). The van der Waals surface area contributed by atoms with Crippen molar-refractivity contribution in [3.8, 4) is 0 Å². The Hall–Kier alpha value is -0.720. The monoisotopic (exact) mass is 284 g/mol. The summed E-state index contributed by atoms with van der Waals surface area (Å²) < 4.78 is 9.76. The van der Waals surface area contributed by atoms with Crippen LogP contribution in [0.15, 0.2) is 0 Å². The second-order valence-corrected chi connectivity index (χ2v) is 7.02. The molecule has 1 aliphatic rings. The summed E-state index contributed by atoms with van der Waals surface area (Å²) in [5.41, 5.74) is 0.0502. The van der Waals surface area contributed by atoms with Gasteiger partial charge in [-0.05, 0) is 19.4 Å². The van der Waals surface area contributed by atoms with Crippen LogP contribution in [0.3, 0.4) is 0 Å². The van der Waals surface area contributed by atoms with E-state index in [4.69, 9.17) is 4.74 Å². The van der Waals surface area contributed by atoms with Gasteiger partial charge >= 0.3 is 0 Å². The molecule has 5 nitrogen and oxygen atoms in total. The van der Waals surface area contributed by atoms with Crippen LogP contribution in [0.1, 0.15) is 39.4 Å². The maximum Gasteiger partial charge on any atom is 0.202 e. The van der Waals surface area contributed by atoms with Gasteiger partial charge in [-0.3, -0.25) is 0 Å². The molecule has 1 fully saturated rings. The molecule has 0 aromatic carbocycles. The smallest absolute Gasteiger partial charge is 0.202 e. The van der Waals surface area contributed by atoms with E-state index in [2.05, 4.69) is 40.8 Å². The minimum atomic E-state index is 0.00621. The van der Waals surface area contributed by atoms with Crippen LogP contribution in [-0.2, 0) is 10.2 Å². The lowest BCUT2D eigenvalue weighted by atomic mass is 9.96. The van der Waals surface area contributed by atoms with E-state index >= 15 is 0 Å². The number of methoxy groups -OCH3 is 1.